The Morgan fingerprint density at radius 2 is 1.50 bits per heavy atom. The van der Waals surface area contributed by atoms with Crippen molar-refractivity contribution in [2.24, 2.45) is 0 Å². The van der Waals surface area contributed by atoms with Crippen molar-refractivity contribution in [3.8, 4) is 0 Å². The lowest BCUT2D eigenvalue weighted by Crippen LogP contribution is -2.11. The fourth-order valence-corrected chi connectivity index (χ4v) is 3.06. The maximum atomic E-state index is 12.3. The zero-order valence-corrected chi connectivity index (χ0v) is 13.3. The summed E-state index contributed by atoms with van der Waals surface area (Å²) in [5, 5.41) is 6.48. The molecule has 0 fully saturated rings. The van der Waals surface area contributed by atoms with Crippen LogP contribution in [0.3, 0.4) is 0 Å². The highest BCUT2D eigenvalue weighted by Gasteiger charge is 2.13. The molecule has 4 rings (SSSR count). The molecule has 3 heteroatoms. The van der Waals surface area contributed by atoms with Gasteiger partial charge in [0.05, 0.1) is 0 Å². The summed E-state index contributed by atoms with van der Waals surface area (Å²) >= 11 is 0. The van der Waals surface area contributed by atoms with Crippen molar-refractivity contribution in [3.05, 3.63) is 89.5 Å². The molecule has 2 N–H and O–H groups in total. The molecule has 3 aromatic rings. The van der Waals surface area contributed by atoms with E-state index in [1.807, 2.05) is 48.5 Å². The van der Waals surface area contributed by atoms with E-state index in [4.69, 9.17) is 0 Å². The highest BCUT2D eigenvalue weighted by atomic mass is 16.1. The first-order valence-corrected chi connectivity index (χ1v) is 8.14. The van der Waals surface area contributed by atoms with Gasteiger partial charge < -0.3 is 10.6 Å². The molecule has 1 amide bonds. The maximum absolute atomic E-state index is 12.3. The lowest BCUT2D eigenvalue weighted by atomic mass is 10.0. The SMILES string of the molecule is O=C(Nc1ccc2c(c1)Nc1ccccc1CC2)c1ccccc1. The van der Waals surface area contributed by atoms with E-state index in [2.05, 4.69) is 34.9 Å². The summed E-state index contributed by atoms with van der Waals surface area (Å²) in [4.78, 5) is 12.3. The molecule has 1 aliphatic heterocycles. The average Bonchev–Trinajstić information content (AvgIpc) is 2.81. The second-order valence-corrected chi connectivity index (χ2v) is 5.97. The molecule has 0 bridgehead atoms. The molecule has 0 spiro atoms. The van der Waals surface area contributed by atoms with Crippen LogP contribution in [0.1, 0.15) is 21.5 Å². The summed E-state index contributed by atoms with van der Waals surface area (Å²) in [6, 6.07) is 23.7. The number of benzene rings is 3. The zero-order valence-electron chi connectivity index (χ0n) is 13.3. The number of para-hydroxylation sites is 1. The average molecular weight is 314 g/mol. The third-order valence-electron chi connectivity index (χ3n) is 4.35. The number of fused-ring (bicyclic) bond motifs is 2. The number of nitrogens with one attached hydrogen (secondary N) is 2. The third-order valence-corrected chi connectivity index (χ3v) is 4.35. The van der Waals surface area contributed by atoms with Crippen molar-refractivity contribution >= 4 is 23.0 Å². The highest BCUT2D eigenvalue weighted by molar-refractivity contribution is 6.04. The van der Waals surface area contributed by atoms with E-state index in [-0.39, 0.29) is 5.91 Å². The van der Waals surface area contributed by atoms with E-state index in [9.17, 15) is 4.79 Å². The van der Waals surface area contributed by atoms with Gasteiger partial charge >= 0.3 is 0 Å². The first-order chi connectivity index (χ1) is 11.8. The van der Waals surface area contributed by atoms with Gasteiger partial charge in [0, 0.05) is 22.6 Å². The number of carbonyl (C=O) groups excluding carboxylic acids is 1. The Kier molecular flexibility index (Phi) is 3.75. The topological polar surface area (TPSA) is 41.1 Å². The van der Waals surface area contributed by atoms with E-state index in [0.717, 1.165) is 29.9 Å². The predicted molar refractivity (Wildman–Crippen MR) is 98.0 cm³/mol. The highest BCUT2D eigenvalue weighted by Crippen LogP contribution is 2.31. The minimum Gasteiger partial charge on any atom is -0.355 e. The molecule has 0 atom stereocenters. The summed E-state index contributed by atoms with van der Waals surface area (Å²) in [5.74, 6) is -0.0930. The first kappa shape index (κ1) is 14.5. The lowest BCUT2D eigenvalue weighted by Gasteiger charge is -2.12. The minimum absolute atomic E-state index is 0.0930. The normalized spacial score (nSPS) is 12.3. The molecule has 0 aromatic heterocycles. The van der Waals surface area contributed by atoms with E-state index in [1.165, 1.54) is 11.1 Å². The molecule has 0 aliphatic carbocycles. The van der Waals surface area contributed by atoms with Crippen molar-refractivity contribution in [1.82, 2.24) is 0 Å². The fourth-order valence-electron chi connectivity index (χ4n) is 3.06. The predicted octanol–water partition coefficient (Wildman–Crippen LogP) is 4.78. The second-order valence-electron chi connectivity index (χ2n) is 5.97. The van der Waals surface area contributed by atoms with Crippen LogP contribution in [0.5, 0.6) is 0 Å². The first-order valence-electron chi connectivity index (χ1n) is 8.14. The molecule has 3 aromatic carbocycles. The van der Waals surface area contributed by atoms with Gasteiger partial charge in [0.1, 0.15) is 0 Å². The minimum atomic E-state index is -0.0930. The Bertz CT molecular complexity index is 887. The molecule has 0 unspecified atom stereocenters. The summed E-state index contributed by atoms with van der Waals surface area (Å²) in [6.07, 6.45) is 2.01. The second kappa shape index (κ2) is 6.20. The van der Waals surface area contributed by atoms with Gasteiger partial charge in [0.25, 0.3) is 5.91 Å². The molecular formula is C21H18N2O. The Morgan fingerprint density at radius 1 is 0.792 bits per heavy atom. The Balaban J connectivity index is 1.60. The summed E-state index contributed by atoms with van der Waals surface area (Å²) in [6.45, 7) is 0. The summed E-state index contributed by atoms with van der Waals surface area (Å²) in [5.41, 5.74) is 6.25. The van der Waals surface area contributed by atoms with Gasteiger partial charge in [-0.05, 0) is 54.3 Å². The number of anilines is 3. The van der Waals surface area contributed by atoms with E-state index < -0.39 is 0 Å². The smallest absolute Gasteiger partial charge is 0.255 e. The largest absolute Gasteiger partial charge is 0.355 e. The molecule has 24 heavy (non-hydrogen) atoms. The van der Waals surface area contributed by atoms with Crippen LogP contribution in [-0.2, 0) is 12.8 Å². The van der Waals surface area contributed by atoms with Crippen molar-refractivity contribution in [3.63, 3.8) is 0 Å². The number of carbonyl (C=O) groups is 1. The van der Waals surface area contributed by atoms with Crippen LogP contribution in [0.15, 0.2) is 72.8 Å². The van der Waals surface area contributed by atoms with Crippen LogP contribution < -0.4 is 10.6 Å². The third kappa shape index (κ3) is 2.88. The van der Waals surface area contributed by atoms with Gasteiger partial charge in [-0.25, -0.2) is 0 Å². The number of amides is 1. The number of hydrogen-bond donors (Lipinski definition) is 2. The number of hydrogen-bond acceptors (Lipinski definition) is 2. The van der Waals surface area contributed by atoms with Gasteiger partial charge in [-0.1, -0.05) is 42.5 Å². The Labute approximate surface area is 141 Å². The van der Waals surface area contributed by atoms with Crippen LogP contribution in [0.2, 0.25) is 0 Å². The maximum Gasteiger partial charge on any atom is 0.255 e. The lowest BCUT2D eigenvalue weighted by molar-refractivity contribution is 0.102. The molecule has 0 radical (unpaired) electrons. The summed E-state index contributed by atoms with van der Waals surface area (Å²) < 4.78 is 0. The van der Waals surface area contributed by atoms with Crippen LogP contribution in [0.25, 0.3) is 0 Å². The molecular weight excluding hydrogens is 296 g/mol. The van der Waals surface area contributed by atoms with Gasteiger partial charge in [0.2, 0.25) is 0 Å². The molecule has 3 nitrogen and oxygen atoms in total. The zero-order chi connectivity index (χ0) is 16.4. The van der Waals surface area contributed by atoms with Gasteiger partial charge in [0.15, 0.2) is 0 Å². The summed E-state index contributed by atoms with van der Waals surface area (Å²) in [7, 11) is 0. The number of rotatable bonds is 2. The van der Waals surface area contributed by atoms with Gasteiger partial charge in [-0.15, -0.1) is 0 Å². The van der Waals surface area contributed by atoms with E-state index >= 15 is 0 Å². The molecule has 118 valence electrons. The molecule has 0 saturated carbocycles. The van der Waals surface area contributed by atoms with Crippen molar-refractivity contribution in [1.29, 1.82) is 0 Å². The van der Waals surface area contributed by atoms with Crippen LogP contribution in [0.4, 0.5) is 17.1 Å². The van der Waals surface area contributed by atoms with Crippen LogP contribution in [-0.4, -0.2) is 5.91 Å². The van der Waals surface area contributed by atoms with Crippen molar-refractivity contribution < 1.29 is 4.79 Å². The van der Waals surface area contributed by atoms with Crippen molar-refractivity contribution in [2.45, 2.75) is 12.8 Å². The Hall–Kier alpha value is -3.07. The van der Waals surface area contributed by atoms with Crippen LogP contribution >= 0.6 is 0 Å². The molecule has 1 aliphatic rings. The standard InChI is InChI=1S/C21H18N2O/c24-21(17-7-2-1-3-8-17)22-18-13-12-16-11-10-15-6-4-5-9-19(15)23-20(16)14-18/h1-9,12-14,23H,10-11H2,(H,22,24). The van der Waals surface area contributed by atoms with Gasteiger partial charge in [-0.2, -0.15) is 0 Å². The van der Waals surface area contributed by atoms with Crippen LogP contribution in [0, 0.1) is 0 Å². The molecule has 1 heterocycles. The van der Waals surface area contributed by atoms with Gasteiger partial charge in [-0.3, -0.25) is 4.79 Å². The van der Waals surface area contributed by atoms with E-state index in [1.54, 1.807) is 0 Å². The van der Waals surface area contributed by atoms with E-state index in [0.29, 0.717) is 5.56 Å². The monoisotopic (exact) mass is 314 g/mol. The molecule has 0 saturated heterocycles. The quantitative estimate of drug-likeness (QED) is 0.714. The Morgan fingerprint density at radius 3 is 2.33 bits per heavy atom. The number of aryl methyl sites for hydroxylation is 2. The van der Waals surface area contributed by atoms with Crippen molar-refractivity contribution in [2.75, 3.05) is 10.6 Å². The fraction of sp³-hybridized carbons (Fsp3) is 0.0952.